The molecule has 0 aliphatic heterocycles. The molecule has 0 spiro atoms. The minimum Gasteiger partial charge on any atom is -0.310 e. The smallest absolute Gasteiger partial charge is 0.0468 e. The van der Waals surface area contributed by atoms with Crippen LogP contribution >= 0.6 is 22.7 Å². The normalized spacial score (nSPS) is 11.4. The highest BCUT2D eigenvalue weighted by Gasteiger charge is 2.21. The molecule has 0 radical (unpaired) electrons. The van der Waals surface area contributed by atoms with Crippen LogP contribution in [-0.2, 0) is 0 Å². The Labute approximate surface area is 660 Å². The maximum Gasteiger partial charge on any atom is 0.0468 e. The molecule has 526 valence electrons. The van der Waals surface area contributed by atoms with Gasteiger partial charge in [0, 0.05) is 80.0 Å². The van der Waals surface area contributed by atoms with Gasteiger partial charge in [0.2, 0.25) is 0 Å². The number of benzene rings is 19. The zero-order chi connectivity index (χ0) is 74.3. The highest BCUT2D eigenvalue weighted by Crippen LogP contribution is 2.49. The molecule has 21 aromatic rings. The van der Waals surface area contributed by atoms with E-state index in [1.165, 1.54) is 162 Å². The Bertz CT molecular complexity index is 7020. The van der Waals surface area contributed by atoms with Gasteiger partial charge in [0.25, 0.3) is 0 Å². The molecule has 112 heavy (non-hydrogen) atoms. The third-order valence-electron chi connectivity index (χ3n) is 21.9. The molecule has 0 saturated heterocycles. The molecule has 0 N–H and O–H groups in total. The predicted molar refractivity (Wildman–Crippen MR) is 484 cm³/mol. The van der Waals surface area contributed by atoms with Gasteiger partial charge in [-0.15, -0.1) is 22.7 Å². The first-order chi connectivity index (χ1) is 55.5. The lowest BCUT2D eigenvalue weighted by atomic mass is 9.96. The van der Waals surface area contributed by atoms with E-state index in [0.29, 0.717) is 0 Å². The van der Waals surface area contributed by atoms with Gasteiger partial charge in [0.15, 0.2) is 0 Å². The van der Waals surface area contributed by atoms with Gasteiger partial charge in [0.1, 0.15) is 0 Å². The van der Waals surface area contributed by atoms with Gasteiger partial charge in [-0.1, -0.05) is 352 Å². The lowest BCUT2D eigenvalue weighted by molar-refractivity contribution is 1.29. The average Bonchev–Trinajstić information content (AvgIpc) is 1.63. The molecule has 0 unspecified atom stereocenters. The highest BCUT2D eigenvalue weighted by atomic mass is 32.1. The van der Waals surface area contributed by atoms with Gasteiger partial charge in [-0.25, -0.2) is 0 Å². The van der Waals surface area contributed by atoms with Crippen molar-refractivity contribution in [3.05, 3.63) is 437 Å². The lowest BCUT2D eigenvalue weighted by Gasteiger charge is -2.26. The number of fused-ring (bicyclic) bond motifs is 9. The molecule has 2 heterocycles. The van der Waals surface area contributed by atoms with Crippen LogP contribution in [0.2, 0.25) is 0 Å². The average molecular weight is 1460 g/mol. The van der Waals surface area contributed by atoms with Crippen LogP contribution in [0.25, 0.3) is 162 Å². The van der Waals surface area contributed by atoms with Crippen LogP contribution in [0, 0.1) is 0 Å². The fourth-order valence-electron chi connectivity index (χ4n) is 16.3. The largest absolute Gasteiger partial charge is 0.310 e. The highest BCUT2D eigenvalue weighted by molar-refractivity contribution is 7.27. The van der Waals surface area contributed by atoms with Crippen LogP contribution in [0.15, 0.2) is 437 Å². The van der Waals surface area contributed by atoms with Gasteiger partial charge >= 0.3 is 0 Å². The van der Waals surface area contributed by atoms with Crippen molar-refractivity contribution in [1.82, 2.24) is 0 Å². The van der Waals surface area contributed by atoms with Gasteiger partial charge in [-0.3, -0.25) is 0 Å². The topological polar surface area (TPSA) is 6.48 Å². The van der Waals surface area contributed by atoms with Gasteiger partial charge in [0.05, 0.1) is 0 Å². The molecule has 0 amide bonds. The van der Waals surface area contributed by atoms with E-state index >= 15 is 0 Å². The Morgan fingerprint density at radius 2 is 0.393 bits per heavy atom. The van der Waals surface area contributed by atoms with E-state index in [1.807, 2.05) is 22.7 Å². The van der Waals surface area contributed by atoms with Gasteiger partial charge in [-0.05, 0) is 201 Å². The summed E-state index contributed by atoms with van der Waals surface area (Å²) in [6, 6.07) is 159. The minimum atomic E-state index is 1.11. The monoisotopic (exact) mass is 1460 g/mol. The second-order valence-corrected chi connectivity index (χ2v) is 30.7. The van der Waals surface area contributed by atoms with Crippen molar-refractivity contribution >= 4 is 129 Å². The van der Waals surface area contributed by atoms with Crippen LogP contribution in [0.4, 0.5) is 34.1 Å². The molecule has 19 aromatic carbocycles. The van der Waals surface area contributed by atoms with E-state index in [4.69, 9.17) is 0 Å². The number of nitrogens with zero attached hydrogens (tertiary/aromatic N) is 2. The maximum atomic E-state index is 2.36. The molecule has 2 nitrogen and oxygen atoms in total. The zero-order valence-electron chi connectivity index (χ0n) is 61.3. The van der Waals surface area contributed by atoms with E-state index in [9.17, 15) is 0 Å². The van der Waals surface area contributed by atoms with Crippen molar-refractivity contribution in [2.24, 2.45) is 0 Å². The number of anilines is 6. The number of thiophene rings is 2. The van der Waals surface area contributed by atoms with E-state index in [1.54, 1.807) is 0 Å². The molecule has 21 rings (SSSR count). The quantitative estimate of drug-likeness (QED) is 0.107. The molecular weight excluding hydrogens is 1390 g/mol. The fraction of sp³-hybridized carbons (Fsp3) is 0. The van der Waals surface area contributed by atoms with Gasteiger partial charge in [-0.2, -0.15) is 0 Å². The number of hydrogen-bond acceptors (Lipinski definition) is 4. The van der Waals surface area contributed by atoms with Crippen molar-refractivity contribution in [2.75, 3.05) is 9.80 Å². The number of rotatable bonds is 14. The molecule has 4 heteroatoms. The molecule has 0 bridgehead atoms. The van der Waals surface area contributed by atoms with Crippen LogP contribution in [0.5, 0.6) is 0 Å². The summed E-state index contributed by atoms with van der Waals surface area (Å²) in [5.41, 5.74) is 26.4. The Morgan fingerprint density at radius 3 is 0.812 bits per heavy atom. The Morgan fingerprint density at radius 1 is 0.134 bits per heavy atom. The zero-order valence-corrected chi connectivity index (χ0v) is 62.9. The third-order valence-corrected chi connectivity index (χ3v) is 24.5. The molecule has 0 aliphatic rings. The molecule has 0 saturated carbocycles. The van der Waals surface area contributed by atoms with Crippen LogP contribution in [0.3, 0.4) is 0 Å². The Hall–Kier alpha value is -14.0. The fourth-order valence-corrected chi connectivity index (χ4v) is 19.1. The maximum absolute atomic E-state index is 2.36. The van der Waals surface area contributed by atoms with Crippen molar-refractivity contribution in [3.63, 3.8) is 0 Å². The molecule has 0 aliphatic carbocycles. The van der Waals surface area contributed by atoms with Crippen LogP contribution < -0.4 is 9.80 Å². The molecule has 2 aromatic heterocycles. The summed E-state index contributed by atoms with van der Waals surface area (Å²) >= 11 is 3.81. The first-order valence-electron chi connectivity index (χ1n) is 38.2. The number of hydrogen-bond donors (Lipinski definition) is 0. The molecular formula is C108H72N2S2. The summed E-state index contributed by atoms with van der Waals surface area (Å²) in [5, 5.41) is 12.7. The van der Waals surface area contributed by atoms with E-state index < -0.39 is 0 Å². The molecule has 0 fully saturated rings. The van der Waals surface area contributed by atoms with Crippen molar-refractivity contribution in [3.8, 4) is 89.0 Å². The summed E-state index contributed by atoms with van der Waals surface area (Å²) in [6.45, 7) is 0. The summed E-state index contributed by atoms with van der Waals surface area (Å²) < 4.78 is 5.32. The standard InChI is InChI=1S/C56H37NS.C52H35NS/c1-2-12-38(13-3-1)40-26-31-46(32-27-40)57(48-35-30-39-14-4-5-16-44(39)37-48)47-33-28-41(29-34-47)43-18-8-19-45(36-43)50-21-10-24-53-54-25-11-23-52(56(54)58-55(50)53)51-22-9-17-42-15-6-7-20-49(42)51;1-3-12-36(13-4-1)38-24-29-44(30-25-38)53(46-33-28-37-14-7-8-17-42(37)35-46)45-31-26-39(27-32-45)41-18-9-19-43(34-41)48-21-11-23-50-49-22-10-20-47(51(49)54-52(48)50)40-15-5-2-6-16-40/h1-37H;1-35H. The Balaban J connectivity index is 0.000000146. The van der Waals surface area contributed by atoms with Crippen LogP contribution in [0.1, 0.15) is 0 Å². The summed E-state index contributed by atoms with van der Waals surface area (Å²) in [5.74, 6) is 0. The van der Waals surface area contributed by atoms with Crippen molar-refractivity contribution < 1.29 is 0 Å². The molecule has 0 atom stereocenters. The van der Waals surface area contributed by atoms with Crippen molar-refractivity contribution in [2.45, 2.75) is 0 Å². The van der Waals surface area contributed by atoms with E-state index in [2.05, 4.69) is 447 Å². The van der Waals surface area contributed by atoms with Gasteiger partial charge < -0.3 is 9.80 Å². The predicted octanol–water partition coefficient (Wildman–Crippen LogP) is 31.8. The minimum absolute atomic E-state index is 1.11. The van der Waals surface area contributed by atoms with Crippen LogP contribution in [-0.4, -0.2) is 0 Å². The summed E-state index contributed by atoms with van der Waals surface area (Å²) in [4.78, 5) is 4.71. The summed E-state index contributed by atoms with van der Waals surface area (Å²) in [6.07, 6.45) is 0. The Kier molecular flexibility index (Phi) is 17.8. The second kappa shape index (κ2) is 29.5. The van der Waals surface area contributed by atoms with E-state index in [0.717, 1.165) is 34.1 Å². The van der Waals surface area contributed by atoms with Crippen molar-refractivity contribution in [1.29, 1.82) is 0 Å². The first-order valence-corrected chi connectivity index (χ1v) is 39.9. The first kappa shape index (κ1) is 67.4. The lowest BCUT2D eigenvalue weighted by Crippen LogP contribution is -2.09. The van der Waals surface area contributed by atoms with E-state index in [-0.39, 0.29) is 0 Å². The summed E-state index contributed by atoms with van der Waals surface area (Å²) in [7, 11) is 0. The SMILES string of the molecule is c1ccc(-c2ccc(N(c3ccc(-c4cccc(-c5cccc6c5sc5c(-c7cccc8ccccc78)cccc56)c4)cc3)c3ccc4ccccc4c3)cc2)cc1.c1ccc(-c2ccc(N(c3ccc(-c4cccc(-c5cccc6c5sc5c(-c7ccccc7)cccc56)c4)cc3)c3ccc4ccccc4c3)cc2)cc1. The third kappa shape index (κ3) is 12.9. The second-order valence-electron chi connectivity index (χ2n) is 28.6.